The van der Waals surface area contributed by atoms with Crippen molar-refractivity contribution in [3.8, 4) is 11.5 Å². The SMILES string of the molecule is CCOc1cccc2cc(C(N)=O)c(=Nc3ccccc3OC)oc12. The molecule has 2 N–H and O–H groups in total. The molecule has 6 heteroatoms. The summed E-state index contributed by atoms with van der Waals surface area (Å²) < 4.78 is 16.8. The van der Waals surface area contributed by atoms with Gasteiger partial charge in [0.25, 0.3) is 5.91 Å². The number of hydrogen-bond acceptors (Lipinski definition) is 5. The largest absolute Gasteiger partial charge is 0.494 e. The zero-order valence-electron chi connectivity index (χ0n) is 14.0. The molecule has 6 nitrogen and oxygen atoms in total. The molecule has 128 valence electrons. The van der Waals surface area contributed by atoms with E-state index in [0.29, 0.717) is 34.8 Å². The van der Waals surface area contributed by atoms with Gasteiger partial charge in [0.15, 0.2) is 11.3 Å². The number of hydrogen-bond donors (Lipinski definition) is 1. The molecule has 1 heterocycles. The summed E-state index contributed by atoms with van der Waals surface area (Å²) in [5, 5.41) is 0.707. The van der Waals surface area contributed by atoms with Crippen LogP contribution in [0, 0.1) is 0 Å². The van der Waals surface area contributed by atoms with E-state index in [1.807, 2.05) is 31.2 Å². The first kappa shape index (κ1) is 16.6. The van der Waals surface area contributed by atoms with E-state index in [4.69, 9.17) is 19.6 Å². The van der Waals surface area contributed by atoms with Crippen molar-refractivity contribution >= 4 is 22.6 Å². The van der Waals surface area contributed by atoms with Crippen molar-refractivity contribution in [1.29, 1.82) is 0 Å². The minimum atomic E-state index is -0.624. The molecule has 2 aromatic carbocycles. The van der Waals surface area contributed by atoms with E-state index >= 15 is 0 Å². The molecule has 0 saturated heterocycles. The van der Waals surface area contributed by atoms with Crippen molar-refractivity contribution in [2.45, 2.75) is 6.92 Å². The monoisotopic (exact) mass is 338 g/mol. The highest BCUT2D eigenvalue weighted by Gasteiger charge is 2.13. The maximum Gasteiger partial charge on any atom is 0.254 e. The van der Waals surface area contributed by atoms with Crippen LogP contribution in [0.3, 0.4) is 0 Å². The number of nitrogens with two attached hydrogens (primary N) is 1. The van der Waals surface area contributed by atoms with Crippen LogP contribution in [0.4, 0.5) is 5.69 Å². The highest BCUT2D eigenvalue weighted by Crippen LogP contribution is 2.27. The lowest BCUT2D eigenvalue weighted by atomic mass is 10.1. The summed E-state index contributed by atoms with van der Waals surface area (Å²) in [6.45, 7) is 2.38. The van der Waals surface area contributed by atoms with Crippen molar-refractivity contribution in [1.82, 2.24) is 0 Å². The molecule has 0 atom stereocenters. The Hall–Kier alpha value is -3.28. The van der Waals surface area contributed by atoms with Gasteiger partial charge in [-0.1, -0.05) is 24.3 Å². The van der Waals surface area contributed by atoms with E-state index in [0.717, 1.165) is 0 Å². The van der Waals surface area contributed by atoms with Gasteiger partial charge in [0.2, 0.25) is 5.55 Å². The third kappa shape index (κ3) is 3.33. The van der Waals surface area contributed by atoms with E-state index in [-0.39, 0.29) is 11.1 Å². The number of ether oxygens (including phenoxy) is 2. The van der Waals surface area contributed by atoms with Crippen molar-refractivity contribution in [3.63, 3.8) is 0 Å². The summed E-state index contributed by atoms with van der Waals surface area (Å²) in [5.41, 5.74) is 6.83. The Kier molecular flexibility index (Phi) is 4.70. The molecular weight excluding hydrogens is 320 g/mol. The fourth-order valence-corrected chi connectivity index (χ4v) is 2.48. The van der Waals surface area contributed by atoms with Crippen LogP contribution < -0.4 is 20.8 Å². The lowest BCUT2D eigenvalue weighted by molar-refractivity contribution is 0.0996. The summed E-state index contributed by atoms with van der Waals surface area (Å²) in [5.74, 6) is 0.514. The number of carbonyl (C=O) groups is 1. The third-order valence-corrected chi connectivity index (χ3v) is 3.61. The predicted molar refractivity (Wildman–Crippen MR) is 94.1 cm³/mol. The van der Waals surface area contributed by atoms with Gasteiger partial charge >= 0.3 is 0 Å². The first-order valence-electron chi connectivity index (χ1n) is 7.81. The van der Waals surface area contributed by atoms with Gasteiger partial charge in [0, 0.05) is 5.39 Å². The van der Waals surface area contributed by atoms with Crippen LogP contribution in [-0.4, -0.2) is 19.6 Å². The van der Waals surface area contributed by atoms with Crippen molar-refractivity contribution < 1.29 is 18.7 Å². The molecule has 0 unspecified atom stereocenters. The first-order valence-corrected chi connectivity index (χ1v) is 7.81. The molecule has 0 aliphatic carbocycles. The molecule has 25 heavy (non-hydrogen) atoms. The van der Waals surface area contributed by atoms with Crippen molar-refractivity contribution in [2.24, 2.45) is 10.7 Å². The Morgan fingerprint density at radius 3 is 2.64 bits per heavy atom. The van der Waals surface area contributed by atoms with Gasteiger partial charge in [-0.15, -0.1) is 0 Å². The number of benzene rings is 2. The molecule has 0 radical (unpaired) electrons. The van der Waals surface area contributed by atoms with Gasteiger partial charge in [-0.05, 0) is 31.2 Å². The topological polar surface area (TPSA) is 87.1 Å². The van der Waals surface area contributed by atoms with Crippen LogP contribution in [0.15, 0.2) is 57.9 Å². The standard InChI is InChI=1S/C19H18N2O4/c1-3-24-16-10-6-7-12-11-13(18(20)22)19(25-17(12)16)21-14-8-4-5-9-15(14)23-2/h4-11H,3H2,1-2H3,(H2,20,22). The quantitative estimate of drug-likeness (QED) is 0.774. The van der Waals surface area contributed by atoms with E-state index in [1.165, 1.54) is 0 Å². The van der Waals surface area contributed by atoms with Gasteiger partial charge in [0.1, 0.15) is 17.0 Å². The maximum absolute atomic E-state index is 11.9. The number of amides is 1. The fraction of sp³-hybridized carbons (Fsp3) is 0.158. The van der Waals surface area contributed by atoms with Crippen LogP contribution >= 0.6 is 0 Å². The highest BCUT2D eigenvalue weighted by atomic mass is 16.5. The smallest absolute Gasteiger partial charge is 0.254 e. The van der Waals surface area contributed by atoms with E-state index < -0.39 is 5.91 Å². The summed E-state index contributed by atoms with van der Waals surface area (Å²) in [4.78, 5) is 16.3. The summed E-state index contributed by atoms with van der Waals surface area (Å²) in [6.07, 6.45) is 0. The van der Waals surface area contributed by atoms with Crippen molar-refractivity contribution in [3.05, 3.63) is 59.6 Å². The highest BCUT2D eigenvalue weighted by molar-refractivity contribution is 5.96. The van der Waals surface area contributed by atoms with Gasteiger partial charge in [-0.3, -0.25) is 4.79 Å². The van der Waals surface area contributed by atoms with E-state index in [2.05, 4.69) is 4.99 Å². The van der Waals surface area contributed by atoms with E-state index in [9.17, 15) is 4.79 Å². The molecule has 3 rings (SSSR count). The molecular formula is C19H18N2O4. The minimum absolute atomic E-state index is 0.108. The Morgan fingerprint density at radius 2 is 1.92 bits per heavy atom. The third-order valence-electron chi connectivity index (χ3n) is 3.61. The van der Waals surface area contributed by atoms with Crippen molar-refractivity contribution in [2.75, 3.05) is 13.7 Å². The average molecular weight is 338 g/mol. The molecule has 3 aromatic rings. The predicted octanol–water partition coefficient (Wildman–Crippen LogP) is 3.17. The number of para-hydroxylation sites is 3. The van der Waals surface area contributed by atoms with Gasteiger partial charge in [-0.25, -0.2) is 4.99 Å². The molecule has 0 aliphatic heterocycles. The lowest BCUT2D eigenvalue weighted by Gasteiger charge is -2.08. The van der Waals surface area contributed by atoms with Crippen LogP contribution in [0.1, 0.15) is 17.3 Å². The summed E-state index contributed by atoms with van der Waals surface area (Å²) in [6, 6.07) is 14.3. The summed E-state index contributed by atoms with van der Waals surface area (Å²) >= 11 is 0. The van der Waals surface area contributed by atoms with Gasteiger partial charge in [-0.2, -0.15) is 0 Å². The number of fused-ring (bicyclic) bond motifs is 1. The summed E-state index contributed by atoms with van der Waals surface area (Å²) in [7, 11) is 1.55. The molecule has 1 amide bonds. The molecule has 0 saturated carbocycles. The second kappa shape index (κ2) is 7.09. The number of nitrogens with zero attached hydrogens (tertiary/aromatic N) is 1. The fourth-order valence-electron chi connectivity index (χ4n) is 2.48. The van der Waals surface area contributed by atoms with E-state index in [1.54, 1.807) is 31.4 Å². The average Bonchev–Trinajstić information content (AvgIpc) is 2.62. The molecule has 0 spiro atoms. The normalized spacial score (nSPS) is 11.5. The van der Waals surface area contributed by atoms with Crippen LogP contribution in [0.2, 0.25) is 0 Å². The number of carbonyl (C=O) groups excluding carboxylic acids is 1. The van der Waals surface area contributed by atoms with Crippen LogP contribution in [-0.2, 0) is 0 Å². The van der Waals surface area contributed by atoms with Gasteiger partial charge in [0.05, 0.1) is 13.7 Å². The zero-order chi connectivity index (χ0) is 17.8. The number of rotatable bonds is 5. The number of primary amides is 1. The maximum atomic E-state index is 11.9. The molecule has 1 aromatic heterocycles. The second-order valence-electron chi connectivity index (χ2n) is 5.22. The Bertz CT molecular complexity index is 992. The molecule has 0 fully saturated rings. The zero-order valence-corrected chi connectivity index (χ0v) is 14.0. The molecule has 0 aliphatic rings. The molecule has 0 bridgehead atoms. The Balaban J connectivity index is 2.32. The first-order chi connectivity index (χ1) is 12.1. The lowest BCUT2D eigenvalue weighted by Crippen LogP contribution is -2.21. The van der Waals surface area contributed by atoms with Gasteiger partial charge < -0.3 is 19.6 Å². The second-order valence-corrected chi connectivity index (χ2v) is 5.22. The number of methoxy groups -OCH3 is 1. The Morgan fingerprint density at radius 1 is 1.16 bits per heavy atom. The minimum Gasteiger partial charge on any atom is -0.494 e. The Labute approximate surface area is 144 Å². The van der Waals surface area contributed by atoms with Crippen LogP contribution in [0.25, 0.3) is 11.0 Å². The van der Waals surface area contributed by atoms with Crippen LogP contribution in [0.5, 0.6) is 11.5 Å².